The van der Waals surface area contributed by atoms with Crippen LogP contribution in [-0.4, -0.2) is 18.2 Å². The maximum Gasteiger partial charge on any atom is 0.268 e. The minimum absolute atomic E-state index is 0.171. The molecule has 2 aromatic carbocycles. The lowest BCUT2D eigenvalue weighted by molar-refractivity contribution is 0.358. The fraction of sp³-hybridized carbons (Fsp3) is 0. The zero-order valence-corrected chi connectivity index (χ0v) is 13.4. The molecule has 136 valence electrons. The van der Waals surface area contributed by atoms with E-state index in [9.17, 15) is 30.4 Å². The zero-order chi connectivity index (χ0) is 19.1. The average Bonchev–Trinajstić information content (AvgIpc) is 3.12. The molecule has 1 heterocycles. The van der Waals surface area contributed by atoms with Gasteiger partial charge in [-0.3, -0.25) is 4.72 Å². The summed E-state index contributed by atoms with van der Waals surface area (Å²) < 4.78 is 95.0. The fourth-order valence-electron chi connectivity index (χ4n) is 2.19. The van der Waals surface area contributed by atoms with Crippen LogP contribution in [0.3, 0.4) is 0 Å². The van der Waals surface area contributed by atoms with Crippen LogP contribution in [0.1, 0.15) is 0 Å². The number of aromatic nitrogens is 2. The number of para-hydroxylation sites is 2. The van der Waals surface area contributed by atoms with Crippen molar-refractivity contribution in [1.82, 2.24) is 9.78 Å². The SMILES string of the molecule is O=S(=O)(Nc1ccccc1-n1cccn1)c1c(F)c(F)c(F)c(F)c1F. The number of hydrogen-bond acceptors (Lipinski definition) is 3. The maximum atomic E-state index is 13.8. The van der Waals surface area contributed by atoms with E-state index in [1.54, 1.807) is 0 Å². The molecule has 0 unspecified atom stereocenters. The van der Waals surface area contributed by atoms with Gasteiger partial charge >= 0.3 is 0 Å². The molecule has 26 heavy (non-hydrogen) atoms. The molecule has 0 aliphatic heterocycles. The molecule has 11 heteroatoms. The number of halogens is 5. The van der Waals surface area contributed by atoms with E-state index in [1.807, 2.05) is 4.72 Å². The smallest absolute Gasteiger partial charge is 0.268 e. The van der Waals surface area contributed by atoms with Gasteiger partial charge in [-0.15, -0.1) is 0 Å². The standard InChI is InChI=1S/C15H8F5N3O2S/c16-10-11(17)13(19)15(14(20)12(10)18)26(24,25)22-8-4-1-2-5-9(8)23-7-3-6-21-23/h1-7,22H. The summed E-state index contributed by atoms with van der Waals surface area (Å²) in [6.45, 7) is 0. The summed E-state index contributed by atoms with van der Waals surface area (Å²) in [4.78, 5) is -1.97. The van der Waals surface area contributed by atoms with E-state index in [0.29, 0.717) is 0 Å². The van der Waals surface area contributed by atoms with Gasteiger partial charge in [-0.1, -0.05) is 12.1 Å². The van der Waals surface area contributed by atoms with Gasteiger partial charge in [0.1, 0.15) is 0 Å². The first-order valence-electron chi connectivity index (χ1n) is 6.87. The Morgan fingerprint density at radius 2 is 1.42 bits per heavy atom. The number of sulfonamides is 1. The summed E-state index contributed by atoms with van der Waals surface area (Å²) in [5, 5.41) is 3.89. The van der Waals surface area contributed by atoms with Crippen molar-refractivity contribution in [2.45, 2.75) is 4.90 Å². The van der Waals surface area contributed by atoms with Gasteiger partial charge in [0.2, 0.25) is 5.82 Å². The Hall–Kier alpha value is -2.95. The molecule has 5 nitrogen and oxygen atoms in total. The van der Waals surface area contributed by atoms with Crippen molar-refractivity contribution in [3.63, 3.8) is 0 Å². The number of benzene rings is 2. The van der Waals surface area contributed by atoms with Crippen LogP contribution in [0.5, 0.6) is 0 Å². The van der Waals surface area contributed by atoms with Crippen molar-refractivity contribution in [3.8, 4) is 5.69 Å². The number of nitrogens with one attached hydrogen (secondary N) is 1. The van der Waals surface area contributed by atoms with Crippen LogP contribution < -0.4 is 4.72 Å². The molecular weight excluding hydrogens is 381 g/mol. The van der Waals surface area contributed by atoms with E-state index in [1.165, 1.54) is 47.4 Å². The molecule has 0 radical (unpaired) electrons. The average molecular weight is 389 g/mol. The lowest BCUT2D eigenvalue weighted by Crippen LogP contribution is -2.20. The van der Waals surface area contributed by atoms with Gasteiger partial charge in [0, 0.05) is 12.4 Å². The second-order valence-corrected chi connectivity index (χ2v) is 6.59. The van der Waals surface area contributed by atoms with Crippen molar-refractivity contribution in [2.75, 3.05) is 4.72 Å². The van der Waals surface area contributed by atoms with Gasteiger partial charge < -0.3 is 0 Å². The second kappa shape index (κ2) is 6.41. The third kappa shape index (κ3) is 2.90. The van der Waals surface area contributed by atoms with Crippen molar-refractivity contribution in [2.24, 2.45) is 0 Å². The van der Waals surface area contributed by atoms with E-state index < -0.39 is 44.0 Å². The van der Waals surface area contributed by atoms with Gasteiger partial charge in [-0.2, -0.15) is 5.10 Å². The number of hydrogen-bond donors (Lipinski definition) is 1. The number of anilines is 1. The third-order valence-electron chi connectivity index (χ3n) is 3.34. The quantitative estimate of drug-likeness (QED) is 0.423. The Kier molecular flexibility index (Phi) is 4.40. The Morgan fingerprint density at radius 3 is 2.00 bits per heavy atom. The van der Waals surface area contributed by atoms with E-state index in [4.69, 9.17) is 0 Å². The Balaban J connectivity index is 2.14. The first kappa shape index (κ1) is 17.9. The van der Waals surface area contributed by atoms with Crippen LogP contribution in [-0.2, 0) is 10.0 Å². The van der Waals surface area contributed by atoms with Crippen LogP contribution in [0.15, 0.2) is 47.6 Å². The van der Waals surface area contributed by atoms with Gasteiger partial charge in [0.15, 0.2) is 28.2 Å². The second-order valence-electron chi connectivity index (χ2n) is 4.97. The maximum absolute atomic E-state index is 13.8. The van der Waals surface area contributed by atoms with Crippen molar-refractivity contribution >= 4 is 15.7 Å². The number of nitrogens with zero attached hydrogens (tertiary/aromatic N) is 2. The summed E-state index contributed by atoms with van der Waals surface area (Å²) in [5.41, 5.74) is -0.00918. The largest absolute Gasteiger partial charge is 0.277 e. The molecule has 0 amide bonds. The van der Waals surface area contributed by atoms with Crippen LogP contribution >= 0.6 is 0 Å². The first-order chi connectivity index (χ1) is 12.2. The highest BCUT2D eigenvalue weighted by Crippen LogP contribution is 2.29. The molecule has 3 rings (SSSR count). The summed E-state index contributed by atoms with van der Waals surface area (Å²) >= 11 is 0. The predicted molar refractivity (Wildman–Crippen MR) is 80.6 cm³/mol. The van der Waals surface area contributed by atoms with Crippen molar-refractivity contribution < 1.29 is 30.4 Å². The molecule has 0 fully saturated rings. The van der Waals surface area contributed by atoms with Crippen LogP contribution in [0.25, 0.3) is 5.69 Å². The lowest BCUT2D eigenvalue weighted by Gasteiger charge is -2.14. The van der Waals surface area contributed by atoms with Gasteiger partial charge in [0.25, 0.3) is 10.0 Å². The molecule has 0 aliphatic rings. The highest BCUT2D eigenvalue weighted by Gasteiger charge is 2.34. The van der Waals surface area contributed by atoms with E-state index in [2.05, 4.69) is 5.10 Å². The monoisotopic (exact) mass is 389 g/mol. The normalized spacial score (nSPS) is 11.6. The Bertz CT molecular complexity index is 1060. The molecule has 0 atom stereocenters. The first-order valence-corrected chi connectivity index (χ1v) is 8.35. The van der Waals surface area contributed by atoms with E-state index >= 15 is 0 Å². The van der Waals surface area contributed by atoms with Crippen LogP contribution in [0.4, 0.5) is 27.6 Å². The topological polar surface area (TPSA) is 64.0 Å². The molecule has 1 N–H and O–H groups in total. The van der Waals surface area contributed by atoms with E-state index in [-0.39, 0.29) is 11.4 Å². The molecule has 0 aliphatic carbocycles. The summed E-state index contributed by atoms with van der Waals surface area (Å²) in [7, 11) is -5.14. The van der Waals surface area contributed by atoms with Crippen molar-refractivity contribution in [3.05, 3.63) is 71.8 Å². The number of rotatable bonds is 4. The molecular formula is C15H8F5N3O2S. The molecule has 0 spiro atoms. The molecule has 1 aromatic heterocycles. The molecule has 0 bridgehead atoms. The molecule has 3 aromatic rings. The summed E-state index contributed by atoms with van der Waals surface area (Å²) in [6, 6.07) is 7.15. The van der Waals surface area contributed by atoms with Gasteiger partial charge in [0.05, 0.1) is 11.4 Å². The Morgan fingerprint density at radius 1 is 0.846 bits per heavy atom. The van der Waals surface area contributed by atoms with E-state index in [0.717, 1.165) is 0 Å². The highest BCUT2D eigenvalue weighted by molar-refractivity contribution is 7.92. The van der Waals surface area contributed by atoms with Gasteiger partial charge in [-0.25, -0.2) is 35.1 Å². The Labute approximate surface area is 143 Å². The zero-order valence-electron chi connectivity index (χ0n) is 12.6. The van der Waals surface area contributed by atoms with Crippen LogP contribution in [0, 0.1) is 29.1 Å². The minimum Gasteiger partial charge on any atom is -0.277 e. The summed E-state index contributed by atoms with van der Waals surface area (Å²) in [5.74, 6) is -12.1. The molecule has 0 saturated carbocycles. The predicted octanol–water partition coefficient (Wildman–Crippen LogP) is 3.37. The van der Waals surface area contributed by atoms with Gasteiger partial charge in [-0.05, 0) is 18.2 Å². The lowest BCUT2D eigenvalue weighted by atomic mass is 10.3. The third-order valence-corrected chi connectivity index (χ3v) is 4.72. The summed E-state index contributed by atoms with van der Waals surface area (Å²) in [6.07, 6.45) is 2.86. The molecule has 0 saturated heterocycles. The van der Waals surface area contributed by atoms with Crippen LogP contribution in [0.2, 0.25) is 0 Å². The highest BCUT2D eigenvalue weighted by atomic mass is 32.2. The fourth-order valence-corrected chi connectivity index (χ4v) is 3.40. The van der Waals surface area contributed by atoms with Crippen molar-refractivity contribution in [1.29, 1.82) is 0 Å². The minimum atomic E-state index is -5.14.